The number of nitrogens with one attached hydrogen (secondary N) is 1. The lowest BCUT2D eigenvalue weighted by Crippen LogP contribution is -2.44. The second-order valence-corrected chi connectivity index (χ2v) is 7.94. The van der Waals surface area contributed by atoms with Gasteiger partial charge in [0.1, 0.15) is 0 Å². The molecule has 162 valence electrons. The maximum atomic E-state index is 12.6. The molecule has 2 heterocycles. The molecule has 1 saturated heterocycles. The number of hydrogen-bond donors (Lipinski definition) is 1. The number of nitrogens with zero attached hydrogens (tertiary/aromatic N) is 2. The van der Waals surface area contributed by atoms with Gasteiger partial charge in [-0.25, -0.2) is 0 Å². The van der Waals surface area contributed by atoms with Crippen LogP contribution in [0.15, 0.2) is 48.5 Å². The van der Waals surface area contributed by atoms with E-state index in [1.165, 1.54) is 5.56 Å². The highest BCUT2D eigenvalue weighted by Crippen LogP contribution is 2.23. The van der Waals surface area contributed by atoms with Crippen molar-refractivity contribution in [2.75, 3.05) is 39.4 Å². The maximum Gasteiger partial charge on any atom is 0.261 e. The molecule has 7 heteroatoms. The van der Waals surface area contributed by atoms with Crippen LogP contribution in [0.1, 0.15) is 44.3 Å². The molecule has 0 radical (unpaired) electrons. The number of fused-ring (bicyclic) bond motifs is 1. The zero-order valence-electron chi connectivity index (χ0n) is 17.7. The lowest BCUT2D eigenvalue weighted by atomic mass is 10.0. The van der Waals surface area contributed by atoms with E-state index in [-0.39, 0.29) is 36.7 Å². The number of carbonyl (C=O) groups excluding carboxylic acids is 3. The Morgan fingerprint density at radius 1 is 1.00 bits per heavy atom. The van der Waals surface area contributed by atoms with Crippen LogP contribution in [0, 0.1) is 6.92 Å². The van der Waals surface area contributed by atoms with Gasteiger partial charge in [0.15, 0.2) is 0 Å². The van der Waals surface area contributed by atoms with Crippen molar-refractivity contribution >= 4 is 17.7 Å². The van der Waals surface area contributed by atoms with Crippen molar-refractivity contribution in [3.05, 3.63) is 70.8 Å². The predicted molar refractivity (Wildman–Crippen MR) is 116 cm³/mol. The third kappa shape index (κ3) is 4.68. The van der Waals surface area contributed by atoms with Crippen molar-refractivity contribution in [1.82, 2.24) is 15.1 Å². The van der Waals surface area contributed by atoms with Gasteiger partial charge in [-0.1, -0.05) is 42.0 Å². The van der Waals surface area contributed by atoms with Crippen LogP contribution in [0.2, 0.25) is 0 Å². The zero-order chi connectivity index (χ0) is 21.8. The van der Waals surface area contributed by atoms with Gasteiger partial charge in [0.25, 0.3) is 11.8 Å². The smallest absolute Gasteiger partial charge is 0.261 e. The lowest BCUT2D eigenvalue weighted by molar-refractivity contribution is -0.121. The van der Waals surface area contributed by atoms with Crippen molar-refractivity contribution < 1.29 is 19.1 Å². The minimum Gasteiger partial charge on any atom is -0.379 e. The summed E-state index contributed by atoms with van der Waals surface area (Å²) in [6.45, 7) is 5.56. The number of imide groups is 1. The van der Waals surface area contributed by atoms with Crippen LogP contribution in [-0.4, -0.2) is 66.9 Å². The van der Waals surface area contributed by atoms with E-state index in [9.17, 15) is 14.4 Å². The van der Waals surface area contributed by atoms with Gasteiger partial charge in [-0.2, -0.15) is 0 Å². The first-order valence-corrected chi connectivity index (χ1v) is 10.6. The van der Waals surface area contributed by atoms with Gasteiger partial charge in [0, 0.05) is 32.6 Å². The van der Waals surface area contributed by atoms with Crippen LogP contribution >= 0.6 is 0 Å². The summed E-state index contributed by atoms with van der Waals surface area (Å²) in [5, 5.41) is 3.00. The summed E-state index contributed by atoms with van der Waals surface area (Å²) >= 11 is 0. The van der Waals surface area contributed by atoms with Crippen LogP contribution < -0.4 is 5.32 Å². The minimum absolute atomic E-state index is 0.0488. The van der Waals surface area contributed by atoms with Gasteiger partial charge in [-0.15, -0.1) is 0 Å². The molecule has 7 nitrogen and oxygen atoms in total. The number of amides is 3. The topological polar surface area (TPSA) is 79.0 Å². The first-order chi connectivity index (χ1) is 15.0. The third-order valence-corrected chi connectivity index (χ3v) is 5.88. The monoisotopic (exact) mass is 421 g/mol. The summed E-state index contributed by atoms with van der Waals surface area (Å²) in [5.74, 6) is -0.847. The molecule has 0 aromatic heterocycles. The highest BCUT2D eigenvalue weighted by molar-refractivity contribution is 6.21. The summed E-state index contributed by atoms with van der Waals surface area (Å²) in [5.41, 5.74) is 3.14. The van der Waals surface area contributed by atoms with Crippen molar-refractivity contribution in [3.63, 3.8) is 0 Å². The molecule has 0 saturated carbocycles. The molecule has 1 N–H and O–H groups in total. The Morgan fingerprint density at radius 3 is 2.23 bits per heavy atom. The molecule has 31 heavy (non-hydrogen) atoms. The summed E-state index contributed by atoms with van der Waals surface area (Å²) < 4.78 is 5.47. The number of carbonyl (C=O) groups is 3. The Hall–Kier alpha value is -3.03. The molecular weight excluding hydrogens is 394 g/mol. The molecule has 0 spiro atoms. The van der Waals surface area contributed by atoms with Crippen molar-refractivity contribution in [2.24, 2.45) is 0 Å². The molecule has 2 aromatic rings. The van der Waals surface area contributed by atoms with E-state index in [4.69, 9.17) is 4.74 Å². The van der Waals surface area contributed by atoms with E-state index in [0.29, 0.717) is 30.9 Å². The zero-order valence-corrected chi connectivity index (χ0v) is 17.7. The van der Waals surface area contributed by atoms with Crippen LogP contribution in [0.3, 0.4) is 0 Å². The van der Waals surface area contributed by atoms with Gasteiger partial charge >= 0.3 is 0 Å². The average molecular weight is 421 g/mol. The standard InChI is InChI=1S/C24H27N3O4/c1-17-6-8-18(9-7-17)21(26-12-14-31-15-13-26)16-25-22(28)10-11-27-23(29)19-4-2-3-5-20(19)24(27)30/h2-9,21H,10-16H2,1H3,(H,25,28). The van der Waals surface area contributed by atoms with E-state index in [0.717, 1.165) is 23.6 Å². The normalized spacial score (nSPS) is 17.5. The summed E-state index contributed by atoms with van der Waals surface area (Å²) in [6, 6.07) is 15.1. The fourth-order valence-electron chi connectivity index (χ4n) is 4.09. The van der Waals surface area contributed by atoms with E-state index in [1.807, 2.05) is 0 Å². The SMILES string of the molecule is Cc1ccc(C(CNC(=O)CCN2C(=O)c3ccccc3C2=O)N2CCOCC2)cc1. The molecule has 0 aliphatic carbocycles. The highest BCUT2D eigenvalue weighted by atomic mass is 16.5. The number of morpholine rings is 1. The molecule has 2 aliphatic heterocycles. The van der Waals surface area contributed by atoms with E-state index in [1.54, 1.807) is 24.3 Å². The first kappa shape index (κ1) is 21.2. The summed E-state index contributed by atoms with van der Waals surface area (Å²) in [4.78, 5) is 40.9. The predicted octanol–water partition coefficient (Wildman–Crippen LogP) is 2.17. The van der Waals surface area contributed by atoms with Crippen LogP contribution in [0.25, 0.3) is 0 Å². The molecule has 2 aromatic carbocycles. The third-order valence-electron chi connectivity index (χ3n) is 5.88. The summed E-state index contributed by atoms with van der Waals surface area (Å²) in [7, 11) is 0. The molecular formula is C24H27N3O4. The molecule has 2 aliphatic rings. The Balaban J connectivity index is 1.35. The van der Waals surface area contributed by atoms with Gasteiger partial charge in [0.2, 0.25) is 5.91 Å². The Bertz CT molecular complexity index is 932. The summed E-state index contributed by atoms with van der Waals surface area (Å²) in [6.07, 6.45) is 0.0786. The first-order valence-electron chi connectivity index (χ1n) is 10.6. The Kier molecular flexibility index (Phi) is 6.44. The van der Waals surface area contributed by atoms with Crippen molar-refractivity contribution in [2.45, 2.75) is 19.4 Å². The van der Waals surface area contributed by atoms with E-state index < -0.39 is 0 Å². The van der Waals surface area contributed by atoms with Gasteiger partial charge < -0.3 is 10.1 Å². The fourth-order valence-corrected chi connectivity index (χ4v) is 4.09. The van der Waals surface area contributed by atoms with Crippen molar-refractivity contribution in [1.29, 1.82) is 0 Å². The molecule has 3 amide bonds. The number of aryl methyl sites for hydroxylation is 1. The fraction of sp³-hybridized carbons (Fsp3) is 0.375. The molecule has 0 bridgehead atoms. The number of rotatable bonds is 7. The largest absolute Gasteiger partial charge is 0.379 e. The number of hydrogen-bond acceptors (Lipinski definition) is 5. The van der Waals surface area contributed by atoms with E-state index >= 15 is 0 Å². The van der Waals surface area contributed by atoms with Crippen LogP contribution in [0.5, 0.6) is 0 Å². The molecule has 1 fully saturated rings. The van der Waals surface area contributed by atoms with Gasteiger partial charge in [-0.3, -0.25) is 24.2 Å². The minimum atomic E-state index is -0.334. The Morgan fingerprint density at radius 2 is 1.61 bits per heavy atom. The van der Waals surface area contributed by atoms with Gasteiger partial charge in [-0.05, 0) is 24.6 Å². The number of benzene rings is 2. The van der Waals surface area contributed by atoms with Crippen LogP contribution in [-0.2, 0) is 9.53 Å². The molecule has 1 atom stereocenters. The van der Waals surface area contributed by atoms with Gasteiger partial charge in [0.05, 0.1) is 30.4 Å². The molecule has 4 rings (SSSR count). The molecule has 1 unspecified atom stereocenters. The van der Waals surface area contributed by atoms with Crippen molar-refractivity contribution in [3.8, 4) is 0 Å². The second kappa shape index (κ2) is 9.41. The number of ether oxygens (including phenoxy) is 1. The average Bonchev–Trinajstić information content (AvgIpc) is 3.04. The highest BCUT2D eigenvalue weighted by Gasteiger charge is 2.35. The van der Waals surface area contributed by atoms with E-state index in [2.05, 4.69) is 41.4 Å². The maximum absolute atomic E-state index is 12.6. The van der Waals surface area contributed by atoms with Crippen LogP contribution in [0.4, 0.5) is 0 Å². The lowest BCUT2D eigenvalue weighted by Gasteiger charge is -2.35. The second-order valence-electron chi connectivity index (χ2n) is 7.94. The quantitative estimate of drug-likeness (QED) is 0.694. The Labute approximate surface area is 182 Å².